The van der Waals surface area contributed by atoms with Gasteiger partial charge in [-0.1, -0.05) is 12.1 Å². The summed E-state index contributed by atoms with van der Waals surface area (Å²) >= 11 is 0. The number of nitrogens with two attached hydrogens (primary N) is 1. The van der Waals surface area contributed by atoms with Gasteiger partial charge in [0.15, 0.2) is 0 Å². The third-order valence-electron chi connectivity index (χ3n) is 3.16. The van der Waals surface area contributed by atoms with Crippen LogP contribution in [0.5, 0.6) is 0 Å². The predicted molar refractivity (Wildman–Crippen MR) is 83.6 cm³/mol. The molecule has 3 N–H and O–H groups in total. The van der Waals surface area contributed by atoms with E-state index < -0.39 is 10.0 Å². The lowest BCUT2D eigenvalue weighted by molar-refractivity contribution is 0.601. The summed E-state index contributed by atoms with van der Waals surface area (Å²) in [7, 11) is -3.65. The van der Waals surface area contributed by atoms with Gasteiger partial charge in [-0.15, -0.1) is 0 Å². The van der Waals surface area contributed by atoms with E-state index in [1.807, 2.05) is 19.9 Å². The van der Waals surface area contributed by atoms with Crippen LogP contribution in [0.1, 0.15) is 29.9 Å². The normalized spacial score (nSPS) is 13.0. The van der Waals surface area contributed by atoms with Gasteiger partial charge in [-0.05, 0) is 50.6 Å². The molecule has 0 radical (unpaired) electrons. The maximum atomic E-state index is 12.4. The second-order valence-corrected chi connectivity index (χ2v) is 6.73. The number of hydrogen-bond donors (Lipinski definition) is 2. The second kappa shape index (κ2) is 5.83. The monoisotopic (exact) mass is 305 g/mol. The number of rotatable bonds is 4. The zero-order chi connectivity index (χ0) is 15.6. The molecule has 1 atom stereocenters. The molecule has 0 saturated heterocycles. The van der Waals surface area contributed by atoms with E-state index in [0.717, 1.165) is 11.3 Å². The molecule has 0 aliphatic carbocycles. The highest BCUT2D eigenvalue weighted by molar-refractivity contribution is 7.92. The van der Waals surface area contributed by atoms with Crippen LogP contribution >= 0.6 is 0 Å². The van der Waals surface area contributed by atoms with Crippen molar-refractivity contribution in [2.45, 2.75) is 31.7 Å². The van der Waals surface area contributed by atoms with E-state index in [4.69, 9.17) is 5.73 Å². The van der Waals surface area contributed by atoms with E-state index in [1.54, 1.807) is 37.3 Å². The molecule has 0 amide bonds. The fraction of sp³-hybridized carbons (Fsp3) is 0.267. The Bertz CT molecular complexity index is 755. The molecular weight excluding hydrogens is 286 g/mol. The summed E-state index contributed by atoms with van der Waals surface area (Å²) in [5, 5.41) is 0. The molecule has 1 aromatic heterocycles. The summed E-state index contributed by atoms with van der Waals surface area (Å²) in [6.45, 7) is 5.44. The summed E-state index contributed by atoms with van der Waals surface area (Å²) in [5.41, 5.74) is 8.53. The summed E-state index contributed by atoms with van der Waals surface area (Å²) < 4.78 is 27.4. The fourth-order valence-corrected chi connectivity index (χ4v) is 3.14. The van der Waals surface area contributed by atoms with Crippen molar-refractivity contribution >= 4 is 15.7 Å². The average Bonchev–Trinajstić information content (AvgIpc) is 2.42. The first-order chi connectivity index (χ1) is 9.79. The standard InChI is InChI=1S/C15H19N3O2S/c1-10-7-8-15(12(3)17-10)18-21(19,20)14-6-4-5-13(9-14)11(2)16/h4-9,11,18H,16H2,1-3H3. The van der Waals surface area contributed by atoms with Gasteiger partial charge in [-0.25, -0.2) is 8.42 Å². The average molecular weight is 305 g/mol. The topological polar surface area (TPSA) is 85.1 Å². The minimum atomic E-state index is -3.65. The number of anilines is 1. The van der Waals surface area contributed by atoms with Crippen molar-refractivity contribution in [3.8, 4) is 0 Å². The SMILES string of the molecule is Cc1ccc(NS(=O)(=O)c2cccc(C(C)N)c2)c(C)n1. The van der Waals surface area contributed by atoms with Gasteiger partial charge < -0.3 is 5.73 Å². The molecule has 1 heterocycles. The Hall–Kier alpha value is -1.92. The first kappa shape index (κ1) is 15.5. The number of pyridine rings is 1. The lowest BCUT2D eigenvalue weighted by atomic mass is 10.1. The van der Waals surface area contributed by atoms with Crippen molar-refractivity contribution < 1.29 is 8.42 Å². The van der Waals surface area contributed by atoms with Crippen LogP contribution < -0.4 is 10.5 Å². The van der Waals surface area contributed by atoms with Gasteiger partial charge in [-0.2, -0.15) is 0 Å². The Labute approximate surface area is 125 Å². The number of aromatic nitrogens is 1. The van der Waals surface area contributed by atoms with Crippen LogP contribution in [0.3, 0.4) is 0 Å². The smallest absolute Gasteiger partial charge is 0.261 e. The minimum absolute atomic E-state index is 0.192. The quantitative estimate of drug-likeness (QED) is 0.909. The number of hydrogen-bond acceptors (Lipinski definition) is 4. The number of benzene rings is 1. The molecule has 0 aliphatic heterocycles. The van der Waals surface area contributed by atoms with Crippen LogP contribution in [0.25, 0.3) is 0 Å². The molecule has 0 saturated carbocycles. The van der Waals surface area contributed by atoms with Crippen LogP contribution in [0.2, 0.25) is 0 Å². The van der Waals surface area contributed by atoms with E-state index in [1.165, 1.54) is 0 Å². The number of aryl methyl sites for hydroxylation is 2. The highest BCUT2D eigenvalue weighted by Gasteiger charge is 2.16. The highest BCUT2D eigenvalue weighted by atomic mass is 32.2. The van der Waals surface area contributed by atoms with Gasteiger partial charge in [0.2, 0.25) is 0 Å². The molecule has 6 heteroatoms. The number of nitrogens with zero attached hydrogens (tertiary/aromatic N) is 1. The Kier molecular flexibility index (Phi) is 4.29. The summed E-state index contributed by atoms with van der Waals surface area (Å²) in [4.78, 5) is 4.44. The first-order valence-electron chi connectivity index (χ1n) is 6.62. The zero-order valence-electron chi connectivity index (χ0n) is 12.3. The van der Waals surface area contributed by atoms with Gasteiger partial charge in [0.1, 0.15) is 0 Å². The van der Waals surface area contributed by atoms with Crippen molar-refractivity contribution in [3.63, 3.8) is 0 Å². The molecule has 21 heavy (non-hydrogen) atoms. The molecular formula is C15H19N3O2S. The first-order valence-corrected chi connectivity index (χ1v) is 8.10. The van der Waals surface area contributed by atoms with Crippen molar-refractivity contribution in [1.29, 1.82) is 0 Å². The third-order valence-corrected chi connectivity index (χ3v) is 4.53. The van der Waals surface area contributed by atoms with Crippen LogP contribution in [-0.4, -0.2) is 13.4 Å². The van der Waals surface area contributed by atoms with Crippen LogP contribution in [0, 0.1) is 13.8 Å². The third kappa shape index (κ3) is 3.59. The van der Waals surface area contributed by atoms with E-state index >= 15 is 0 Å². The molecule has 1 aromatic carbocycles. The second-order valence-electron chi connectivity index (χ2n) is 5.05. The van der Waals surface area contributed by atoms with Gasteiger partial charge in [0, 0.05) is 11.7 Å². The minimum Gasteiger partial charge on any atom is -0.324 e. The predicted octanol–water partition coefficient (Wildman–Crippen LogP) is 2.52. The summed E-state index contributed by atoms with van der Waals surface area (Å²) in [5.74, 6) is 0. The lowest BCUT2D eigenvalue weighted by Gasteiger charge is -2.12. The van der Waals surface area contributed by atoms with Crippen LogP contribution in [0.15, 0.2) is 41.3 Å². The van der Waals surface area contributed by atoms with Crippen molar-refractivity contribution in [2.75, 3.05) is 4.72 Å². The molecule has 1 unspecified atom stereocenters. The number of sulfonamides is 1. The van der Waals surface area contributed by atoms with Gasteiger partial charge in [0.05, 0.1) is 16.3 Å². The summed E-state index contributed by atoms with van der Waals surface area (Å²) in [6.07, 6.45) is 0. The molecule has 5 nitrogen and oxygen atoms in total. The van der Waals surface area contributed by atoms with Crippen molar-refractivity contribution in [1.82, 2.24) is 4.98 Å². The fourth-order valence-electron chi connectivity index (χ4n) is 1.96. The number of nitrogens with one attached hydrogen (secondary N) is 1. The summed E-state index contributed by atoms with van der Waals surface area (Å²) in [6, 6.07) is 9.89. The molecule has 112 valence electrons. The largest absolute Gasteiger partial charge is 0.324 e. The Morgan fingerprint density at radius 2 is 1.90 bits per heavy atom. The molecule has 2 aromatic rings. The highest BCUT2D eigenvalue weighted by Crippen LogP contribution is 2.21. The van der Waals surface area contributed by atoms with Crippen LogP contribution in [-0.2, 0) is 10.0 Å². The molecule has 0 aliphatic rings. The van der Waals surface area contributed by atoms with Gasteiger partial charge in [-0.3, -0.25) is 9.71 Å². The lowest BCUT2D eigenvalue weighted by Crippen LogP contribution is -2.15. The molecule has 0 bridgehead atoms. The zero-order valence-corrected chi connectivity index (χ0v) is 13.1. The van der Waals surface area contributed by atoms with E-state index in [-0.39, 0.29) is 10.9 Å². The van der Waals surface area contributed by atoms with Gasteiger partial charge >= 0.3 is 0 Å². The van der Waals surface area contributed by atoms with Crippen molar-refractivity contribution in [3.05, 3.63) is 53.3 Å². The van der Waals surface area contributed by atoms with E-state index in [0.29, 0.717) is 11.4 Å². The molecule has 0 spiro atoms. The maximum Gasteiger partial charge on any atom is 0.261 e. The van der Waals surface area contributed by atoms with E-state index in [2.05, 4.69) is 9.71 Å². The maximum absolute atomic E-state index is 12.4. The molecule has 2 rings (SSSR count). The Morgan fingerprint density at radius 1 is 1.19 bits per heavy atom. The molecule has 0 fully saturated rings. The Morgan fingerprint density at radius 3 is 2.52 bits per heavy atom. The van der Waals surface area contributed by atoms with Crippen molar-refractivity contribution in [2.24, 2.45) is 5.73 Å². The van der Waals surface area contributed by atoms with E-state index in [9.17, 15) is 8.42 Å². The Balaban J connectivity index is 2.36. The van der Waals surface area contributed by atoms with Crippen LogP contribution in [0.4, 0.5) is 5.69 Å². The van der Waals surface area contributed by atoms with Gasteiger partial charge in [0.25, 0.3) is 10.0 Å².